The molecule has 0 bridgehead atoms. The van der Waals surface area contributed by atoms with Crippen molar-refractivity contribution in [1.82, 2.24) is 5.32 Å². The van der Waals surface area contributed by atoms with E-state index in [1.807, 2.05) is 18.2 Å². The highest BCUT2D eigenvalue weighted by molar-refractivity contribution is 5.52. The van der Waals surface area contributed by atoms with Gasteiger partial charge in [-0.25, -0.2) is 0 Å². The third-order valence-electron chi connectivity index (χ3n) is 2.52. The Labute approximate surface area is 123 Å². The molecule has 0 spiro atoms. The first kappa shape index (κ1) is 15.9. The summed E-state index contributed by atoms with van der Waals surface area (Å²) in [7, 11) is 0. The molecular formula is C19H23N. The van der Waals surface area contributed by atoms with E-state index in [1.165, 1.54) is 5.56 Å². The molecule has 0 fully saturated rings. The molecule has 1 heterocycles. The minimum atomic E-state index is 0.767. The Bertz CT molecular complexity index is 562. The maximum Gasteiger partial charge on any atom is 0.0495 e. The summed E-state index contributed by atoms with van der Waals surface area (Å²) in [6.07, 6.45) is 3.53. The van der Waals surface area contributed by atoms with Gasteiger partial charge in [0, 0.05) is 23.4 Å². The Morgan fingerprint density at radius 1 is 1.10 bits per heavy atom. The third-order valence-corrected chi connectivity index (χ3v) is 2.52. The molecule has 2 rings (SSSR count). The molecule has 20 heavy (non-hydrogen) atoms. The van der Waals surface area contributed by atoms with E-state index in [2.05, 4.69) is 57.2 Å². The molecule has 0 atom stereocenters. The second kappa shape index (κ2) is 8.07. The molecule has 1 aromatic carbocycles. The summed E-state index contributed by atoms with van der Waals surface area (Å²) in [5.41, 5.74) is 4.11. The first-order chi connectivity index (χ1) is 9.58. The molecule has 1 aliphatic rings. The van der Waals surface area contributed by atoms with E-state index in [-0.39, 0.29) is 0 Å². The molecule has 104 valence electrons. The van der Waals surface area contributed by atoms with Crippen molar-refractivity contribution in [3.8, 4) is 11.8 Å². The Balaban J connectivity index is 0.000000444. The average molecular weight is 265 g/mol. The normalized spacial score (nSPS) is 16.2. The summed E-state index contributed by atoms with van der Waals surface area (Å²) in [4.78, 5) is 0. The summed E-state index contributed by atoms with van der Waals surface area (Å²) in [6.45, 7) is 14.8. The van der Waals surface area contributed by atoms with E-state index >= 15 is 0 Å². The van der Waals surface area contributed by atoms with Crippen LogP contribution in [0.3, 0.4) is 0 Å². The van der Waals surface area contributed by atoms with E-state index < -0.39 is 0 Å². The van der Waals surface area contributed by atoms with Crippen molar-refractivity contribution in [3.63, 3.8) is 0 Å². The monoisotopic (exact) mass is 265 g/mol. The largest absolute Gasteiger partial charge is 0.380 e. The van der Waals surface area contributed by atoms with Crippen LogP contribution in [0.1, 0.15) is 31.9 Å². The van der Waals surface area contributed by atoms with Crippen LogP contribution in [0.15, 0.2) is 60.8 Å². The van der Waals surface area contributed by atoms with Gasteiger partial charge in [0.15, 0.2) is 0 Å². The standard InChI is InChI=1S/C15H13N.C4H10/c1-3-12-9-10-13-7-5-6-8-14(13)11-16-15(12)4-2;1-4(2)3/h3-8,16H,1-2,11H2;4H,1-3H3/b15-12-;. The first-order valence-electron chi connectivity index (χ1n) is 6.91. The van der Waals surface area contributed by atoms with Crippen LogP contribution in [0.25, 0.3) is 0 Å². The van der Waals surface area contributed by atoms with E-state index in [4.69, 9.17) is 0 Å². The smallest absolute Gasteiger partial charge is 0.0495 e. The van der Waals surface area contributed by atoms with Gasteiger partial charge in [-0.3, -0.25) is 0 Å². The zero-order chi connectivity index (χ0) is 15.0. The van der Waals surface area contributed by atoms with Crippen molar-refractivity contribution in [3.05, 3.63) is 72.0 Å². The number of hydrogen-bond donors (Lipinski definition) is 1. The Morgan fingerprint density at radius 2 is 1.75 bits per heavy atom. The number of allylic oxidation sites excluding steroid dienone is 3. The molecule has 0 aromatic heterocycles. The molecule has 0 saturated carbocycles. The summed E-state index contributed by atoms with van der Waals surface area (Å²) < 4.78 is 0. The molecule has 1 nitrogen and oxygen atoms in total. The van der Waals surface area contributed by atoms with Crippen molar-refractivity contribution in [2.24, 2.45) is 5.92 Å². The minimum absolute atomic E-state index is 0.767. The van der Waals surface area contributed by atoms with Gasteiger partial charge >= 0.3 is 0 Å². The van der Waals surface area contributed by atoms with Gasteiger partial charge in [0.1, 0.15) is 0 Å². The predicted molar refractivity (Wildman–Crippen MR) is 88.1 cm³/mol. The fraction of sp³-hybridized carbons (Fsp3) is 0.263. The van der Waals surface area contributed by atoms with Crippen LogP contribution >= 0.6 is 0 Å². The molecule has 0 unspecified atom stereocenters. The molecule has 1 heteroatoms. The Hall–Kier alpha value is -2.20. The van der Waals surface area contributed by atoms with Gasteiger partial charge in [-0.1, -0.05) is 70.0 Å². The fourth-order valence-corrected chi connectivity index (χ4v) is 1.63. The minimum Gasteiger partial charge on any atom is -0.380 e. The second-order valence-corrected chi connectivity index (χ2v) is 5.23. The van der Waals surface area contributed by atoms with E-state index in [1.54, 1.807) is 12.2 Å². The average Bonchev–Trinajstić information content (AvgIpc) is 2.39. The van der Waals surface area contributed by atoms with Crippen LogP contribution in [-0.4, -0.2) is 0 Å². The lowest BCUT2D eigenvalue weighted by atomic mass is 10.0. The quantitative estimate of drug-likeness (QED) is 0.780. The molecule has 0 aliphatic carbocycles. The van der Waals surface area contributed by atoms with Gasteiger partial charge in [-0.05, 0) is 23.6 Å². The van der Waals surface area contributed by atoms with E-state index in [0.29, 0.717) is 0 Å². The second-order valence-electron chi connectivity index (χ2n) is 5.23. The number of fused-ring (bicyclic) bond motifs is 1. The summed E-state index contributed by atoms with van der Waals surface area (Å²) in [5.74, 6) is 7.10. The van der Waals surface area contributed by atoms with Crippen LogP contribution in [0.5, 0.6) is 0 Å². The molecule has 0 amide bonds. The van der Waals surface area contributed by atoms with Gasteiger partial charge in [-0.15, -0.1) is 0 Å². The lowest BCUT2D eigenvalue weighted by molar-refractivity contribution is 0.737. The van der Waals surface area contributed by atoms with Crippen molar-refractivity contribution in [1.29, 1.82) is 0 Å². The number of hydrogen-bond acceptors (Lipinski definition) is 1. The van der Waals surface area contributed by atoms with Crippen LogP contribution in [0.2, 0.25) is 0 Å². The zero-order valence-corrected chi connectivity index (χ0v) is 12.7. The van der Waals surface area contributed by atoms with Gasteiger partial charge in [0.05, 0.1) is 0 Å². The summed E-state index contributed by atoms with van der Waals surface area (Å²) >= 11 is 0. The topological polar surface area (TPSA) is 12.0 Å². The van der Waals surface area contributed by atoms with Crippen LogP contribution in [0.4, 0.5) is 0 Å². The maximum atomic E-state index is 3.77. The number of nitrogens with one attached hydrogen (secondary N) is 1. The highest BCUT2D eigenvalue weighted by Crippen LogP contribution is 2.12. The fourth-order valence-electron chi connectivity index (χ4n) is 1.63. The lowest BCUT2D eigenvalue weighted by Crippen LogP contribution is -2.14. The van der Waals surface area contributed by atoms with Gasteiger partial charge < -0.3 is 5.32 Å². The van der Waals surface area contributed by atoms with Crippen molar-refractivity contribution in [2.45, 2.75) is 27.3 Å². The third kappa shape index (κ3) is 4.82. The Morgan fingerprint density at radius 3 is 2.35 bits per heavy atom. The van der Waals surface area contributed by atoms with Crippen molar-refractivity contribution >= 4 is 0 Å². The lowest BCUT2D eigenvalue weighted by Gasteiger charge is -2.12. The molecule has 0 saturated heterocycles. The van der Waals surface area contributed by atoms with Gasteiger partial charge in [-0.2, -0.15) is 0 Å². The van der Waals surface area contributed by atoms with Gasteiger partial charge in [0.2, 0.25) is 0 Å². The molecule has 1 N–H and O–H groups in total. The van der Waals surface area contributed by atoms with E-state index in [9.17, 15) is 0 Å². The highest BCUT2D eigenvalue weighted by Gasteiger charge is 2.04. The first-order valence-corrected chi connectivity index (χ1v) is 6.91. The predicted octanol–water partition coefficient (Wildman–Crippen LogP) is 4.43. The van der Waals surface area contributed by atoms with Crippen LogP contribution in [0, 0.1) is 17.8 Å². The summed E-state index contributed by atoms with van der Waals surface area (Å²) in [5, 5.41) is 3.32. The number of benzene rings is 1. The number of rotatable bonds is 2. The van der Waals surface area contributed by atoms with Crippen molar-refractivity contribution < 1.29 is 0 Å². The van der Waals surface area contributed by atoms with Crippen LogP contribution < -0.4 is 5.32 Å². The molecule has 0 radical (unpaired) electrons. The molecular weight excluding hydrogens is 242 g/mol. The van der Waals surface area contributed by atoms with E-state index in [0.717, 1.165) is 29.3 Å². The van der Waals surface area contributed by atoms with Crippen molar-refractivity contribution in [2.75, 3.05) is 0 Å². The zero-order valence-electron chi connectivity index (χ0n) is 12.7. The molecule has 1 aliphatic heterocycles. The highest BCUT2D eigenvalue weighted by atomic mass is 14.9. The summed E-state index contributed by atoms with van der Waals surface area (Å²) in [6, 6.07) is 8.14. The SMILES string of the molecule is C=C/C1=C(\C=C)NCc2ccccc2C#C1.CC(C)C. The maximum absolute atomic E-state index is 3.77. The molecule has 1 aromatic rings. The van der Waals surface area contributed by atoms with Crippen LogP contribution in [-0.2, 0) is 6.54 Å². The Kier molecular flexibility index (Phi) is 6.40. The van der Waals surface area contributed by atoms with Gasteiger partial charge in [0.25, 0.3) is 0 Å².